The third kappa shape index (κ3) is 5.44. The molecule has 4 aromatic rings. The monoisotopic (exact) mass is 619 g/mol. The molecule has 2 aliphatic heterocycles. The highest BCUT2D eigenvalue weighted by atomic mass is 32.2. The van der Waals surface area contributed by atoms with Crippen molar-refractivity contribution in [3.63, 3.8) is 0 Å². The van der Waals surface area contributed by atoms with E-state index in [1.165, 1.54) is 28.4 Å². The van der Waals surface area contributed by atoms with Crippen LogP contribution in [0.1, 0.15) is 47.2 Å². The number of carbonyl (C=O) groups excluding carboxylic acids is 1. The van der Waals surface area contributed by atoms with E-state index in [9.17, 15) is 13.2 Å². The SMILES string of the molecule is COc1cc(C)c(S(=O)(=O)N(C)c2nc3c(C(=O)N4CCC5(CC4)CCN(c4ccncc4)CC5)cccc3s2)c(C)c1. The van der Waals surface area contributed by atoms with E-state index in [1.807, 2.05) is 29.4 Å². The minimum Gasteiger partial charge on any atom is -0.497 e. The van der Waals surface area contributed by atoms with E-state index in [-0.39, 0.29) is 16.2 Å². The van der Waals surface area contributed by atoms with Crippen LogP contribution in [0.2, 0.25) is 0 Å². The van der Waals surface area contributed by atoms with Crippen LogP contribution in [0.3, 0.4) is 0 Å². The zero-order chi connectivity index (χ0) is 30.4. The summed E-state index contributed by atoms with van der Waals surface area (Å²) >= 11 is 1.27. The van der Waals surface area contributed by atoms with Gasteiger partial charge in [-0.15, -0.1) is 0 Å². The van der Waals surface area contributed by atoms with Gasteiger partial charge in [-0.25, -0.2) is 17.7 Å². The summed E-state index contributed by atoms with van der Waals surface area (Å²) in [7, 11) is -0.818. The number of thiazole rings is 1. The minimum atomic E-state index is -3.89. The zero-order valence-corrected chi connectivity index (χ0v) is 26.7. The van der Waals surface area contributed by atoms with Gasteiger partial charge >= 0.3 is 0 Å². The Morgan fingerprint density at radius 2 is 1.60 bits per heavy atom. The quantitative estimate of drug-likeness (QED) is 0.275. The molecule has 2 saturated heterocycles. The van der Waals surface area contributed by atoms with Crippen LogP contribution >= 0.6 is 11.3 Å². The van der Waals surface area contributed by atoms with E-state index in [0.717, 1.165) is 43.5 Å². The van der Waals surface area contributed by atoms with Crippen LogP contribution in [0.5, 0.6) is 5.75 Å². The van der Waals surface area contributed by atoms with Crippen LogP contribution in [0.15, 0.2) is 59.8 Å². The van der Waals surface area contributed by atoms with Crippen LogP contribution in [0.25, 0.3) is 10.2 Å². The number of amides is 1. The molecule has 0 saturated carbocycles. The largest absolute Gasteiger partial charge is 0.497 e. The fourth-order valence-corrected chi connectivity index (χ4v) is 9.29. The number of pyridine rings is 1. The fraction of sp³-hybridized carbons (Fsp3) is 0.406. The molecule has 6 rings (SSSR count). The molecule has 2 aliphatic rings. The molecule has 226 valence electrons. The highest BCUT2D eigenvalue weighted by Gasteiger charge is 2.39. The number of hydrogen-bond acceptors (Lipinski definition) is 8. The number of methoxy groups -OCH3 is 1. The van der Waals surface area contributed by atoms with Crippen molar-refractivity contribution >= 4 is 48.3 Å². The standard InChI is InChI=1S/C32H37N5O4S2/c1-22-20-25(41-4)21-23(2)29(22)43(39,40)35(3)31-34-28-26(6-5-7-27(28)42-31)30(38)37-18-12-32(13-19-37)10-16-36(17-11-32)24-8-14-33-15-9-24/h5-9,14-15,20-21H,10-13,16-19H2,1-4H3. The summed E-state index contributed by atoms with van der Waals surface area (Å²) in [5.41, 5.74) is 3.77. The molecule has 11 heteroatoms. The van der Waals surface area contributed by atoms with E-state index in [0.29, 0.717) is 46.2 Å². The van der Waals surface area contributed by atoms with Crippen molar-refractivity contribution in [1.82, 2.24) is 14.9 Å². The number of anilines is 2. The number of aromatic nitrogens is 2. The normalized spacial score (nSPS) is 16.9. The number of ether oxygens (including phenoxy) is 1. The highest BCUT2D eigenvalue weighted by Crippen LogP contribution is 2.43. The smallest absolute Gasteiger partial charge is 0.266 e. The second kappa shape index (κ2) is 11.4. The van der Waals surface area contributed by atoms with E-state index in [2.05, 4.69) is 22.0 Å². The summed E-state index contributed by atoms with van der Waals surface area (Å²) in [4.78, 5) is 27.3. The Morgan fingerprint density at radius 3 is 2.23 bits per heavy atom. The Bertz CT molecular complexity index is 1730. The Balaban J connectivity index is 1.18. The molecule has 0 aliphatic carbocycles. The van der Waals surface area contributed by atoms with E-state index in [1.54, 1.807) is 39.2 Å². The number of likely N-dealkylation sites (tertiary alicyclic amines) is 1. The van der Waals surface area contributed by atoms with E-state index < -0.39 is 10.0 Å². The summed E-state index contributed by atoms with van der Waals surface area (Å²) < 4.78 is 34.8. The molecule has 0 radical (unpaired) electrons. The lowest BCUT2D eigenvalue weighted by molar-refractivity contribution is 0.0516. The van der Waals surface area contributed by atoms with Gasteiger partial charge < -0.3 is 14.5 Å². The van der Waals surface area contributed by atoms with Crippen LogP contribution in [0.4, 0.5) is 10.8 Å². The summed E-state index contributed by atoms with van der Waals surface area (Å²) in [6, 6.07) is 13.1. The van der Waals surface area contributed by atoms with Gasteiger partial charge in [-0.05, 0) is 92.5 Å². The molecule has 0 N–H and O–H groups in total. The number of nitrogens with zero attached hydrogens (tertiary/aromatic N) is 5. The number of hydrogen-bond donors (Lipinski definition) is 0. The number of piperidine rings is 2. The maximum Gasteiger partial charge on any atom is 0.266 e. The fourth-order valence-electron chi connectivity index (χ4n) is 6.57. The molecule has 43 heavy (non-hydrogen) atoms. The van der Waals surface area contributed by atoms with Crippen molar-refractivity contribution < 1.29 is 17.9 Å². The number of rotatable bonds is 6. The van der Waals surface area contributed by atoms with E-state index in [4.69, 9.17) is 9.72 Å². The first kappa shape index (κ1) is 29.4. The third-order valence-electron chi connectivity index (χ3n) is 9.16. The van der Waals surface area contributed by atoms with Crippen molar-refractivity contribution in [3.05, 3.63) is 71.5 Å². The predicted octanol–water partition coefficient (Wildman–Crippen LogP) is 5.66. The highest BCUT2D eigenvalue weighted by molar-refractivity contribution is 7.93. The second-order valence-electron chi connectivity index (χ2n) is 11.7. The second-order valence-corrected chi connectivity index (χ2v) is 14.6. The lowest BCUT2D eigenvalue weighted by Gasteiger charge is -2.47. The average molecular weight is 620 g/mol. The van der Waals surface area contributed by atoms with Crippen molar-refractivity contribution in [3.8, 4) is 5.75 Å². The molecule has 9 nitrogen and oxygen atoms in total. The number of aryl methyl sites for hydroxylation is 2. The third-order valence-corrected chi connectivity index (χ3v) is 12.4. The molecule has 1 amide bonds. The Hall–Kier alpha value is -3.70. The number of para-hydroxylation sites is 1. The molecule has 0 bridgehead atoms. The van der Waals surface area contributed by atoms with Crippen LogP contribution in [-0.2, 0) is 10.0 Å². The number of fused-ring (bicyclic) bond motifs is 1. The number of sulfonamides is 1. The van der Waals surface area contributed by atoms with Gasteiger partial charge in [-0.3, -0.25) is 9.78 Å². The zero-order valence-electron chi connectivity index (χ0n) is 25.0. The Labute approximate surface area is 257 Å². The first-order valence-corrected chi connectivity index (χ1v) is 16.9. The molecule has 1 spiro atoms. The first-order chi connectivity index (χ1) is 20.6. The van der Waals surface area contributed by atoms with Crippen LogP contribution in [-0.4, -0.2) is 69.5 Å². The van der Waals surface area contributed by atoms with Gasteiger partial charge in [0, 0.05) is 51.3 Å². The van der Waals surface area contributed by atoms with E-state index >= 15 is 0 Å². The molecular formula is C32H37N5O4S2. The Kier molecular flexibility index (Phi) is 7.80. The van der Waals surface area contributed by atoms with Crippen molar-refractivity contribution in [2.45, 2.75) is 44.4 Å². The minimum absolute atomic E-state index is 0.0427. The lowest BCUT2D eigenvalue weighted by Crippen LogP contribution is -2.48. The van der Waals surface area contributed by atoms with Gasteiger partial charge in [0.1, 0.15) is 5.75 Å². The molecule has 2 aromatic heterocycles. The van der Waals surface area contributed by atoms with Gasteiger partial charge in [0.15, 0.2) is 5.13 Å². The maximum absolute atomic E-state index is 13.8. The summed E-state index contributed by atoms with van der Waals surface area (Å²) in [6.07, 6.45) is 7.91. The van der Waals surface area contributed by atoms with Crippen molar-refractivity contribution in [1.29, 1.82) is 0 Å². The Morgan fingerprint density at radius 1 is 0.977 bits per heavy atom. The number of benzene rings is 2. The predicted molar refractivity (Wildman–Crippen MR) is 171 cm³/mol. The summed E-state index contributed by atoms with van der Waals surface area (Å²) in [5, 5.41) is 0.323. The number of carbonyl (C=O) groups is 1. The first-order valence-electron chi connectivity index (χ1n) is 14.6. The van der Waals surface area contributed by atoms with Gasteiger partial charge in [0.2, 0.25) is 0 Å². The lowest BCUT2D eigenvalue weighted by atomic mass is 9.71. The molecule has 2 aromatic carbocycles. The van der Waals surface area contributed by atoms with Gasteiger partial charge in [-0.2, -0.15) is 0 Å². The van der Waals surface area contributed by atoms with Crippen LogP contribution < -0.4 is 13.9 Å². The summed E-state index contributed by atoms with van der Waals surface area (Å²) in [6.45, 7) is 6.99. The van der Waals surface area contributed by atoms with Crippen molar-refractivity contribution in [2.24, 2.45) is 5.41 Å². The van der Waals surface area contributed by atoms with Crippen molar-refractivity contribution in [2.75, 3.05) is 49.5 Å². The maximum atomic E-state index is 13.8. The molecule has 4 heterocycles. The molecule has 0 atom stereocenters. The van der Waals surface area contributed by atoms with Gasteiger partial charge in [-0.1, -0.05) is 17.4 Å². The average Bonchev–Trinajstić information content (AvgIpc) is 3.45. The summed E-state index contributed by atoms with van der Waals surface area (Å²) in [5.74, 6) is 0.567. The van der Waals surface area contributed by atoms with Gasteiger partial charge in [0.25, 0.3) is 15.9 Å². The van der Waals surface area contributed by atoms with Crippen LogP contribution in [0, 0.1) is 19.3 Å². The topological polar surface area (TPSA) is 95.9 Å². The van der Waals surface area contributed by atoms with Gasteiger partial charge in [0.05, 0.1) is 27.8 Å². The molecule has 2 fully saturated rings. The molecular weight excluding hydrogens is 583 g/mol. The molecule has 0 unspecified atom stereocenters.